The molecule has 0 unspecified atom stereocenters. The number of hydrogen-bond acceptors (Lipinski definition) is 4. The van der Waals surface area contributed by atoms with E-state index in [1.165, 1.54) is 20.2 Å². The molecule has 1 aromatic heterocycles. The number of carbonyl (C=O) groups is 1. The topological polar surface area (TPSA) is 88.5 Å². The lowest BCUT2D eigenvalue weighted by Gasteiger charge is -2.13. The van der Waals surface area contributed by atoms with Crippen LogP contribution < -0.4 is 10.9 Å². The molecule has 0 fully saturated rings. The van der Waals surface area contributed by atoms with Crippen LogP contribution in [0.4, 0.5) is 18.9 Å². The van der Waals surface area contributed by atoms with Crippen LogP contribution >= 0.6 is 0 Å². The molecule has 0 radical (unpaired) electrons. The van der Waals surface area contributed by atoms with Crippen LogP contribution in [0.2, 0.25) is 0 Å². The zero-order valence-electron chi connectivity index (χ0n) is 14.3. The average molecular weight is 403 g/mol. The SMILES string of the molecule is CN(C)S(=O)(=O)c1ccc(=O)n(CC(=O)Nc2cccc(C(F)(F)F)c2)c1. The molecule has 11 heteroatoms. The molecule has 1 N–H and O–H groups in total. The normalized spacial score (nSPS) is 12.2. The number of alkyl halides is 3. The van der Waals surface area contributed by atoms with E-state index in [-0.39, 0.29) is 10.6 Å². The molecule has 0 bridgehead atoms. The predicted molar refractivity (Wildman–Crippen MR) is 91.6 cm³/mol. The van der Waals surface area contributed by atoms with Crippen molar-refractivity contribution in [1.82, 2.24) is 8.87 Å². The Hall–Kier alpha value is -2.66. The molecule has 0 aliphatic rings. The van der Waals surface area contributed by atoms with Gasteiger partial charge in [-0.15, -0.1) is 0 Å². The number of anilines is 1. The van der Waals surface area contributed by atoms with Gasteiger partial charge in [0.1, 0.15) is 6.54 Å². The summed E-state index contributed by atoms with van der Waals surface area (Å²) in [6.45, 7) is -0.564. The Morgan fingerprint density at radius 2 is 1.85 bits per heavy atom. The smallest absolute Gasteiger partial charge is 0.325 e. The van der Waals surface area contributed by atoms with E-state index in [1.54, 1.807) is 0 Å². The summed E-state index contributed by atoms with van der Waals surface area (Å²) in [5.74, 6) is -0.782. The largest absolute Gasteiger partial charge is 0.416 e. The Morgan fingerprint density at radius 1 is 1.19 bits per heavy atom. The van der Waals surface area contributed by atoms with Crippen molar-refractivity contribution in [3.63, 3.8) is 0 Å². The number of nitrogens with zero attached hydrogens (tertiary/aromatic N) is 2. The standard InChI is InChI=1S/C16H16F3N3O4S/c1-21(2)27(25,26)13-6-7-15(24)22(9-13)10-14(23)20-12-5-3-4-11(8-12)16(17,18)19/h3-9H,10H2,1-2H3,(H,20,23). The van der Waals surface area contributed by atoms with Gasteiger partial charge < -0.3 is 9.88 Å². The number of hydrogen-bond donors (Lipinski definition) is 1. The average Bonchev–Trinajstić information content (AvgIpc) is 2.56. The van der Waals surface area contributed by atoms with Gasteiger partial charge in [0.2, 0.25) is 15.9 Å². The summed E-state index contributed by atoms with van der Waals surface area (Å²) in [7, 11) is -1.19. The third kappa shape index (κ3) is 4.95. The van der Waals surface area contributed by atoms with Gasteiger partial charge in [-0.3, -0.25) is 9.59 Å². The fraction of sp³-hybridized carbons (Fsp3) is 0.250. The Bertz CT molecular complexity index is 1010. The highest BCUT2D eigenvalue weighted by atomic mass is 32.2. The molecular weight excluding hydrogens is 387 g/mol. The summed E-state index contributed by atoms with van der Waals surface area (Å²) in [6, 6.07) is 6.12. The Balaban J connectivity index is 2.23. The predicted octanol–water partition coefficient (Wildman–Crippen LogP) is 1.76. The van der Waals surface area contributed by atoms with Crippen molar-refractivity contribution in [2.45, 2.75) is 17.6 Å². The molecule has 0 atom stereocenters. The molecule has 2 aromatic rings. The van der Waals surface area contributed by atoms with E-state index in [0.29, 0.717) is 0 Å². The highest BCUT2D eigenvalue weighted by Crippen LogP contribution is 2.30. The maximum Gasteiger partial charge on any atom is 0.416 e. The third-order valence-corrected chi connectivity index (χ3v) is 5.32. The molecule has 1 amide bonds. The van der Waals surface area contributed by atoms with Crippen LogP contribution in [0.5, 0.6) is 0 Å². The van der Waals surface area contributed by atoms with E-state index in [0.717, 1.165) is 45.4 Å². The van der Waals surface area contributed by atoms with Gasteiger partial charge in [-0.2, -0.15) is 13.2 Å². The first-order valence-electron chi connectivity index (χ1n) is 7.51. The molecule has 27 heavy (non-hydrogen) atoms. The van der Waals surface area contributed by atoms with Gasteiger partial charge in [0.05, 0.1) is 10.5 Å². The summed E-state index contributed by atoms with van der Waals surface area (Å²) in [4.78, 5) is 23.8. The highest BCUT2D eigenvalue weighted by Gasteiger charge is 2.30. The summed E-state index contributed by atoms with van der Waals surface area (Å²) in [6.07, 6.45) is -3.56. The van der Waals surface area contributed by atoms with Crippen LogP contribution in [-0.2, 0) is 27.5 Å². The number of sulfonamides is 1. The van der Waals surface area contributed by atoms with Crippen molar-refractivity contribution >= 4 is 21.6 Å². The maximum absolute atomic E-state index is 12.7. The molecule has 0 saturated carbocycles. The van der Waals surface area contributed by atoms with E-state index in [4.69, 9.17) is 0 Å². The number of carbonyl (C=O) groups excluding carboxylic acids is 1. The molecule has 0 aliphatic carbocycles. The molecule has 1 aromatic carbocycles. The second-order valence-corrected chi connectivity index (χ2v) is 7.90. The molecule has 2 rings (SSSR count). The zero-order valence-corrected chi connectivity index (χ0v) is 15.1. The van der Waals surface area contributed by atoms with Crippen molar-refractivity contribution < 1.29 is 26.4 Å². The van der Waals surface area contributed by atoms with Gasteiger partial charge in [-0.25, -0.2) is 12.7 Å². The number of rotatable bonds is 5. The lowest BCUT2D eigenvalue weighted by molar-refractivity contribution is -0.137. The van der Waals surface area contributed by atoms with Crippen LogP contribution in [0.1, 0.15) is 5.56 Å². The molecule has 7 nitrogen and oxygen atoms in total. The van der Waals surface area contributed by atoms with E-state index < -0.39 is 39.8 Å². The second-order valence-electron chi connectivity index (χ2n) is 5.75. The van der Waals surface area contributed by atoms with Gasteiger partial charge >= 0.3 is 6.18 Å². The summed E-state index contributed by atoms with van der Waals surface area (Å²) in [5, 5.41) is 2.25. The van der Waals surface area contributed by atoms with Crippen molar-refractivity contribution in [1.29, 1.82) is 0 Å². The third-order valence-electron chi connectivity index (χ3n) is 3.52. The van der Waals surface area contributed by atoms with Gasteiger partial charge in [0.25, 0.3) is 5.56 Å². The van der Waals surface area contributed by atoms with Crippen LogP contribution in [-0.4, -0.2) is 37.3 Å². The summed E-state index contributed by atoms with van der Waals surface area (Å²) >= 11 is 0. The number of aromatic nitrogens is 1. The first-order valence-corrected chi connectivity index (χ1v) is 8.95. The minimum absolute atomic E-state index is 0.0973. The van der Waals surface area contributed by atoms with Crippen LogP contribution in [0, 0.1) is 0 Å². The van der Waals surface area contributed by atoms with Crippen molar-refractivity contribution in [2.75, 3.05) is 19.4 Å². The first-order chi connectivity index (χ1) is 12.4. The van der Waals surface area contributed by atoms with Gasteiger partial charge in [0.15, 0.2) is 0 Å². The second kappa shape index (κ2) is 7.53. The van der Waals surface area contributed by atoms with Crippen LogP contribution in [0.3, 0.4) is 0 Å². The minimum Gasteiger partial charge on any atom is -0.325 e. The van der Waals surface area contributed by atoms with Crippen LogP contribution in [0.15, 0.2) is 52.3 Å². The number of pyridine rings is 1. The first kappa shape index (κ1) is 20.6. The van der Waals surface area contributed by atoms with E-state index >= 15 is 0 Å². The number of amides is 1. The maximum atomic E-state index is 12.7. The highest BCUT2D eigenvalue weighted by molar-refractivity contribution is 7.89. The van der Waals surface area contributed by atoms with E-state index in [2.05, 4.69) is 5.32 Å². The molecule has 0 aliphatic heterocycles. The van der Waals surface area contributed by atoms with Crippen LogP contribution in [0.25, 0.3) is 0 Å². The van der Waals surface area contributed by atoms with Gasteiger partial charge in [-0.05, 0) is 24.3 Å². The fourth-order valence-electron chi connectivity index (χ4n) is 2.12. The lowest BCUT2D eigenvalue weighted by atomic mass is 10.2. The zero-order chi connectivity index (χ0) is 20.4. The summed E-state index contributed by atoms with van der Waals surface area (Å²) in [5.41, 5.74) is -1.66. The van der Waals surface area contributed by atoms with Gasteiger partial charge in [-0.1, -0.05) is 6.07 Å². The Kier molecular flexibility index (Phi) is 5.76. The summed E-state index contributed by atoms with van der Waals surface area (Å²) < 4.78 is 64.1. The number of halogens is 3. The minimum atomic E-state index is -4.56. The van der Waals surface area contributed by atoms with Crippen molar-refractivity contribution in [2.24, 2.45) is 0 Å². The molecule has 146 valence electrons. The van der Waals surface area contributed by atoms with Gasteiger partial charge in [0, 0.05) is 32.0 Å². The van der Waals surface area contributed by atoms with Crippen molar-refractivity contribution in [3.05, 3.63) is 58.5 Å². The monoisotopic (exact) mass is 403 g/mol. The molecule has 1 heterocycles. The number of benzene rings is 1. The molecular formula is C16H16F3N3O4S. The quantitative estimate of drug-likeness (QED) is 0.824. The van der Waals surface area contributed by atoms with Crippen molar-refractivity contribution in [3.8, 4) is 0 Å². The Morgan fingerprint density at radius 3 is 2.44 bits per heavy atom. The number of nitrogens with one attached hydrogen (secondary N) is 1. The molecule has 0 saturated heterocycles. The fourth-order valence-corrected chi connectivity index (χ4v) is 3.05. The lowest BCUT2D eigenvalue weighted by Crippen LogP contribution is -2.29. The Labute approximate surface area is 153 Å². The molecule has 0 spiro atoms. The van der Waals surface area contributed by atoms with E-state index in [1.807, 2.05) is 0 Å². The van der Waals surface area contributed by atoms with E-state index in [9.17, 15) is 31.2 Å².